The van der Waals surface area contributed by atoms with Gasteiger partial charge in [0.15, 0.2) is 0 Å². The molecule has 1 aliphatic heterocycles. The molecular weight excluding hydrogens is 416 g/mol. The lowest BCUT2D eigenvalue weighted by Crippen LogP contribution is -2.48. The molecule has 168 valence electrons. The fraction of sp³-hybridized carbons (Fsp3) is 0.455. The monoisotopic (exact) mass is 441 g/mol. The summed E-state index contributed by atoms with van der Waals surface area (Å²) in [6.07, 6.45) is 3.87. The maximum Gasteiger partial charge on any atom is 0.322 e. The van der Waals surface area contributed by atoms with E-state index in [0.29, 0.717) is 24.3 Å². The minimum atomic E-state index is -0.705. The summed E-state index contributed by atoms with van der Waals surface area (Å²) in [5, 5.41) is 8.00. The minimum Gasteiger partial charge on any atom is -0.424 e. The molecule has 5 rings (SSSR count). The Morgan fingerprint density at radius 2 is 1.78 bits per heavy atom. The van der Waals surface area contributed by atoms with Crippen molar-refractivity contribution in [3.8, 4) is 11.8 Å². The van der Waals surface area contributed by atoms with E-state index in [9.17, 15) is 8.78 Å². The van der Waals surface area contributed by atoms with Crippen LogP contribution in [0.15, 0.2) is 30.6 Å². The van der Waals surface area contributed by atoms with Crippen LogP contribution in [0.25, 0.3) is 0 Å². The number of fused-ring (bicyclic) bond motifs is 2. The number of aromatic nitrogens is 5. The van der Waals surface area contributed by atoms with Crippen LogP contribution in [0.2, 0.25) is 0 Å². The predicted octanol–water partition coefficient (Wildman–Crippen LogP) is 3.79. The lowest BCUT2D eigenvalue weighted by atomic mass is 9.92. The van der Waals surface area contributed by atoms with Crippen molar-refractivity contribution >= 4 is 11.8 Å². The van der Waals surface area contributed by atoms with Crippen LogP contribution in [-0.4, -0.2) is 43.9 Å². The molecule has 1 aliphatic carbocycles. The SMILES string of the molecule is CCn1nc(NC2[C@@H]3CC[C@H]2CN(c2cc(C)ncn2)C3)nc1Oc1cc(F)cc(F)c1. The van der Waals surface area contributed by atoms with E-state index in [-0.39, 0.29) is 17.8 Å². The number of benzene rings is 1. The van der Waals surface area contributed by atoms with Gasteiger partial charge in [-0.15, -0.1) is 5.10 Å². The minimum absolute atomic E-state index is 0.0460. The first kappa shape index (κ1) is 20.6. The van der Waals surface area contributed by atoms with Gasteiger partial charge in [-0.3, -0.25) is 0 Å². The van der Waals surface area contributed by atoms with Crippen molar-refractivity contribution in [2.24, 2.45) is 11.8 Å². The van der Waals surface area contributed by atoms with Gasteiger partial charge >= 0.3 is 6.01 Å². The maximum absolute atomic E-state index is 13.5. The number of piperidine rings is 1. The zero-order chi connectivity index (χ0) is 22.2. The second-order valence-corrected chi connectivity index (χ2v) is 8.43. The lowest BCUT2D eigenvalue weighted by molar-refractivity contribution is 0.374. The van der Waals surface area contributed by atoms with Gasteiger partial charge in [0, 0.05) is 55.6 Å². The molecule has 2 aliphatic rings. The van der Waals surface area contributed by atoms with E-state index in [1.165, 1.54) is 0 Å². The van der Waals surface area contributed by atoms with Crippen molar-refractivity contribution in [3.63, 3.8) is 0 Å². The van der Waals surface area contributed by atoms with Gasteiger partial charge in [0.25, 0.3) is 0 Å². The summed E-state index contributed by atoms with van der Waals surface area (Å²) in [6.45, 7) is 6.21. The molecule has 1 unspecified atom stereocenters. The first-order valence-electron chi connectivity index (χ1n) is 10.9. The Morgan fingerprint density at radius 3 is 2.44 bits per heavy atom. The van der Waals surface area contributed by atoms with Crippen molar-refractivity contribution in [3.05, 3.63) is 47.9 Å². The number of rotatable bonds is 6. The number of ether oxygens (including phenoxy) is 1. The first-order valence-corrected chi connectivity index (χ1v) is 10.9. The van der Waals surface area contributed by atoms with Gasteiger partial charge in [0.05, 0.1) is 0 Å². The van der Waals surface area contributed by atoms with Crippen molar-refractivity contribution in [1.82, 2.24) is 24.7 Å². The third-order valence-corrected chi connectivity index (χ3v) is 6.23. The fourth-order valence-electron chi connectivity index (χ4n) is 4.77. The highest BCUT2D eigenvalue weighted by Crippen LogP contribution is 2.39. The number of nitrogens with one attached hydrogen (secondary N) is 1. The average molecular weight is 441 g/mol. The number of hydrogen-bond donors (Lipinski definition) is 1. The van der Waals surface area contributed by atoms with Crippen LogP contribution in [-0.2, 0) is 6.54 Å². The normalized spacial score (nSPS) is 22.2. The number of nitrogens with zero attached hydrogens (tertiary/aromatic N) is 6. The average Bonchev–Trinajstić information content (AvgIpc) is 3.22. The third kappa shape index (κ3) is 4.09. The van der Waals surface area contributed by atoms with Gasteiger partial charge in [-0.05, 0) is 38.5 Å². The van der Waals surface area contributed by atoms with Crippen LogP contribution in [0.1, 0.15) is 25.5 Å². The van der Waals surface area contributed by atoms with E-state index >= 15 is 0 Å². The highest BCUT2D eigenvalue weighted by atomic mass is 19.1. The molecule has 1 N–H and O–H groups in total. The molecule has 32 heavy (non-hydrogen) atoms. The second-order valence-electron chi connectivity index (χ2n) is 8.43. The van der Waals surface area contributed by atoms with Crippen molar-refractivity contribution in [2.45, 2.75) is 39.3 Å². The third-order valence-electron chi connectivity index (χ3n) is 6.23. The summed E-state index contributed by atoms with van der Waals surface area (Å²) >= 11 is 0. The molecule has 0 amide bonds. The van der Waals surface area contributed by atoms with E-state index in [1.54, 1.807) is 11.0 Å². The molecule has 1 saturated carbocycles. The standard InChI is InChI=1S/C22H25F2N7O/c1-3-31-22(32-18-8-16(23)7-17(24)9-18)28-21(29-31)27-20-14-4-5-15(20)11-30(10-14)19-6-13(2)25-12-26-19/h6-9,12,14-15,20H,3-5,10-11H2,1-2H3,(H,27,29)/t14-,15+,20?. The number of hydrogen-bond acceptors (Lipinski definition) is 7. The van der Waals surface area contributed by atoms with Crippen LogP contribution in [0.3, 0.4) is 0 Å². The fourth-order valence-corrected chi connectivity index (χ4v) is 4.77. The molecule has 2 aromatic heterocycles. The Labute approximate surface area is 184 Å². The molecule has 0 spiro atoms. The zero-order valence-corrected chi connectivity index (χ0v) is 18.0. The van der Waals surface area contributed by atoms with Gasteiger partial charge in [0.1, 0.15) is 29.5 Å². The van der Waals surface area contributed by atoms with Crippen molar-refractivity contribution in [1.29, 1.82) is 0 Å². The quantitative estimate of drug-likeness (QED) is 0.623. The molecule has 0 radical (unpaired) electrons. The van der Waals surface area contributed by atoms with Crippen LogP contribution in [0.5, 0.6) is 11.8 Å². The number of anilines is 2. The number of halogens is 2. The molecule has 10 heteroatoms. The highest BCUT2D eigenvalue weighted by Gasteiger charge is 2.43. The maximum atomic E-state index is 13.5. The molecule has 8 nitrogen and oxygen atoms in total. The Balaban J connectivity index is 1.30. The van der Waals surface area contributed by atoms with Crippen molar-refractivity contribution < 1.29 is 13.5 Å². The van der Waals surface area contributed by atoms with E-state index in [2.05, 4.69) is 30.3 Å². The summed E-state index contributed by atoms with van der Waals surface area (Å²) in [6, 6.07) is 5.51. The van der Waals surface area contributed by atoms with Gasteiger partial charge < -0.3 is 15.0 Å². The summed E-state index contributed by atoms with van der Waals surface area (Å²) in [5.74, 6) is 0.959. The molecule has 2 bridgehead atoms. The topological polar surface area (TPSA) is 81.0 Å². The van der Waals surface area contributed by atoms with Crippen molar-refractivity contribution in [2.75, 3.05) is 23.3 Å². The Hall–Kier alpha value is -3.30. The molecule has 1 aromatic carbocycles. The number of aryl methyl sites for hydroxylation is 2. The predicted molar refractivity (Wildman–Crippen MR) is 115 cm³/mol. The molecule has 3 aromatic rings. The van der Waals surface area contributed by atoms with Crippen LogP contribution in [0, 0.1) is 30.4 Å². The molecule has 1 saturated heterocycles. The Kier molecular flexibility index (Phi) is 5.36. The first-order chi connectivity index (χ1) is 15.5. The summed E-state index contributed by atoms with van der Waals surface area (Å²) in [5.41, 5.74) is 0.961. The van der Waals surface area contributed by atoms with E-state index in [4.69, 9.17) is 4.74 Å². The van der Waals surface area contributed by atoms with E-state index in [1.807, 2.05) is 19.9 Å². The van der Waals surface area contributed by atoms with Crippen LogP contribution < -0.4 is 15.0 Å². The van der Waals surface area contributed by atoms with Gasteiger partial charge in [-0.25, -0.2) is 23.4 Å². The lowest BCUT2D eigenvalue weighted by Gasteiger charge is -2.38. The smallest absolute Gasteiger partial charge is 0.322 e. The highest BCUT2D eigenvalue weighted by molar-refractivity contribution is 5.42. The molecule has 3 atom stereocenters. The molecule has 2 fully saturated rings. The van der Waals surface area contributed by atoms with Gasteiger partial charge in [-0.2, -0.15) is 4.98 Å². The van der Waals surface area contributed by atoms with Gasteiger partial charge in [0.2, 0.25) is 5.95 Å². The molecule has 3 heterocycles. The summed E-state index contributed by atoms with van der Waals surface area (Å²) in [7, 11) is 0. The van der Waals surface area contributed by atoms with E-state index < -0.39 is 11.6 Å². The van der Waals surface area contributed by atoms with Crippen LogP contribution >= 0.6 is 0 Å². The Morgan fingerprint density at radius 1 is 1.06 bits per heavy atom. The molecular formula is C22H25F2N7O. The largest absolute Gasteiger partial charge is 0.424 e. The zero-order valence-electron chi connectivity index (χ0n) is 18.0. The summed E-state index contributed by atoms with van der Waals surface area (Å²) < 4.78 is 34.2. The Bertz CT molecular complexity index is 1090. The summed E-state index contributed by atoms with van der Waals surface area (Å²) in [4.78, 5) is 15.4. The second kappa shape index (κ2) is 8.33. The van der Waals surface area contributed by atoms with E-state index in [0.717, 1.165) is 55.6 Å². The van der Waals surface area contributed by atoms with Crippen LogP contribution in [0.4, 0.5) is 20.5 Å². The van der Waals surface area contributed by atoms with Gasteiger partial charge in [-0.1, -0.05) is 0 Å².